The highest BCUT2D eigenvalue weighted by Crippen LogP contribution is 2.45. The molecule has 0 bridgehead atoms. The molecule has 0 unspecified atom stereocenters. The highest BCUT2D eigenvalue weighted by atomic mass is 32.1. The molecule has 0 radical (unpaired) electrons. The standard InChI is InChI=1S/C58H37NS2/c1-2-14-39-33-45(30-29-38(39)13-1)48-21-3-6-26-54(48)59(47-20-11-17-42(36-47)43-31-32-52-50-22-4-7-27-55(50)60-57(52)37-43)46-19-10-16-41(35-46)40-15-9-18-44(34-40)49-24-12-25-53-51-23-5-8-28-56(51)61-58(49)53/h1-37H. The monoisotopic (exact) mass is 811 g/mol. The Balaban J connectivity index is 1.00. The fourth-order valence-electron chi connectivity index (χ4n) is 9.09. The van der Waals surface area contributed by atoms with Crippen molar-refractivity contribution < 1.29 is 0 Å². The van der Waals surface area contributed by atoms with E-state index in [1.54, 1.807) is 0 Å². The maximum atomic E-state index is 2.44. The summed E-state index contributed by atoms with van der Waals surface area (Å²) in [6, 6.07) is 82.5. The fraction of sp³-hybridized carbons (Fsp3) is 0. The second-order valence-corrected chi connectivity index (χ2v) is 17.8. The van der Waals surface area contributed by atoms with Crippen LogP contribution in [0.4, 0.5) is 17.1 Å². The minimum absolute atomic E-state index is 1.10. The molecule has 0 spiro atoms. The lowest BCUT2D eigenvalue weighted by Gasteiger charge is -2.29. The third kappa shape index (κ3) is 6.29. The summed E-state index contributed by atoms with van der Waals surface area (Å²) in [5.41, 5.74) is 12.9. The van der Waals surface area contributed by atoms with E-state index in [1.165, 1.54) is 95.6 Å². The van der Waals surface area contributed by atoms with Crippen LogP contribution in [-0.2, 0) is 0 Å². The minimum Gasteiger partial charge on any atom is -0.310 e. The summed E-state index contributed by atoms with van der Waals surface area (Å²) >= 11 is 3.75. The van der Waals surface area contributed by atoms with Crippen molar-refractivity contribution >= 4 is 90.9 Å². The van der Waals surface area contributed by atoms with Gasteiger partial charge in [-0.25, -0.2) is 0 Å². The first-order chi connectivity index (χ1) is 30.2. The Morgan fingerprint density at radius 2 is 0.803 bits per heavy atom. The Morgan fingerprint density at radius 1 is 0.279 bits per heavy atom. The molecule has 12 rings (SSSR count). The Labute approximate surface area is 362 Å². The predicted octanol–water partition coefficient (Wildman–Crippen LogP) is 17.7. The highest BCUT2D eigenvalue weighted by molar-refractivity contribution is 7.26. The topological polar surface area (TPSA) is 3.24 Å². The smallest absolute Gasteiger partial charge is 0.0540 e. The van der Waals surface area contributed by atoms with Crippen molar-refractivity contribution in [1.82, 2.24) is 0 Å². The molecule has 12 aromatic rings. The maximum absolute atomic E-state index is 2.44. The summed E-state index contributed by atoms with van der Waals surface area (Å²) in [6.07, 6.45) is 0. The van der Waals surface area contributed by atoms with Gasteiger partial charge in [0, 0.05) is 57.3 Å². The van der Waals surface area contributed by atoms with Gasteiger partial charge in [-0.2, -0.15) is 0 Å². The van der Waals surface area contributed by atoms with Crippen molar-refractivity contribution in [2.24, 2.45) is 0 Å². The van der Waals surface area contributed by atoms with Gasteiger partial charge in [0.05, 0.1) is 5.69 Å². The number of nitrogens with zero attached hydrogens (tertiary/aromatic N) is 1. The zero-order valence-corrected chi connectivity index (χ0v) is 34.8. The Hall–Kier alpha value is -7.30. The molecule has 3 heteroatoms. The van der Waals surface area contributed by atoms with Gasteiger partial charge in [0.1, 0.15) is 0 Å². The van der Waals surface area contributed by atoms with Crippen LogP contribution in [-0.4, -0.2) is 0 Å². The number of hydrogen-bond donors (Lipinski definition) is 0. The van der Waals surface area contributed by atoms with E-state index in [0.717, 1.165) is 17.1 Å². The van der Waals surface area contributed by atoms with Gasteiger partial charge >= 0.3 is 0 Å². The van der Waals surface area contributed by atoms with Crippen LogP contribution >= 0.6 is 22.7 Å². The fourth-order valence-corrected chi connectivity index (χ4v) is 11.5. The molecular weight excluding hydrogens is 775 g/mol. The first-order valence-corrected chi connectivity index (χ1v) is 22.4. The molecule has 0 aliphatic carbocycles. The molecule has 2 heterocycles. The molecule has 1 nitrogen and oxygen atoms in total. The van der Waals surface area contributed by atoms with Gasteiger partial charge < -0.3 is 4.90 Å². The van der Waals surface area contributed by atoms with E-state index in [4.69, 9.17) is 0 Å². The van der Waals surface area contributed by atoms with E-state index >= 15 is 0 Å². The van der Waals surface area contributed by atoms with Crippen molar-refractivity contribution in [1.29, 1.82) is 0 Å². The Bertz CT molecular complexity index is 3630. The molecule has 0 amide bonds. The normalized spacial score (nSPS) is 11.6. The number of thiophene rings is 2. The first-order valence-electron chi connectivity index (χ1n) is 20.7. The van der Waals surface area contributed by atoms with Crippen LogP contribution in [0.1, 0.15) is 0 Å². The SMILES string of the molecule is c1cc(-c2cccc(N(c3cccc(-c4ccc5c(c4)sc4ccccc45)c3)c3ccccc3-c3ccc4ccccc4c3)c2)cc(-c2cccc3c2sc2ccccc23)c1. The van der Waals surface area contributed by atoms with Crippen LogP contribution < -0.4 is 4.90 Å². The lowest BCUT2D eigenvalue weighted by Crippen LogP contribution is -2.11. The lowest BCUT2D eigenvalue weighted by molar-refractivity contribution is 1.28. The van der Waals surface area contributed by atoms with Crippen LogP contribution in [0.5, 0.6) is 0 Å². The van der Waals surface area contributed by atoms with E-state index in [9.17, 15) is 0 Å². The van der Waals surface area contributed by atoms with Crippen LogP contribution in [0.3, 0.4) is 0 Å². The first kappa shape index (κ1) is 35.6. The summed E-state index contributed by atoms with van der Waals surface area (Å²) in [5, 5.41) is 7.74. The van der Waals surface area contributed by atoms with Crippen molar-refractivity contribution in [2.75, 3.05) is 4.90 Å². The van der Waals surface area contributed by atoms with Crippen molar-refractivity contribution in [3.8, 4) is 44.5 Å². The molecule has 0 fully saturated rings. The van der Waals surface area contributed by atoms with E-state index < -0.39 is 0 Å². The van der Waals surface area contributed by atoms with Gasteiger partial charge in [0.25, 0.3) is 0 Å². The minimum atomic E-state index is 1.10. The lowest BCUT2D eigenvalue weighted by atomic mass is 9.96. The number of fused-ring (bicyclic) bond motifs is 7. The zero-order chi connectivity index (χ0) is 40.3. The molecule has 0 saturated carbocycles. The quantitative estimate of drug-likeness (QED) is 0.155. The van der Waals surface area contributed by atoms with Crippen LogP contribution in [0.2, 0.25) is 0 Å². The van der Waals surface area contributed by atoms with Gasteiger partial charge in [0.15, 0.2) is 0 Å². The number of rotatable bonds is 7. The van der Waals surface area contributed by atoms with E-state index in [0.29, 0.717) is 0 Å². The molecule has 61 heavy (non-hydrogen) atoms. The number of hydrogen-bond acceptors (Lipinski definition) is 3. The molecule has 0 atom stereocenters. The number of benzene rings is 10. The Kier molecular flexibility index (Phi) is 8.62. The molecule has 2 aromatic heterocycles. The molecule has 0 saturated heterocycles. The maximum Gasteiger partial charge on any atom is 0.0540 e. The van der Waals surface area contributed by atoms with E-state index in [-0.39, 0.29) is 0 Å². The molecule has 10 aromatic carbocycles. The molecule has 286 valence electrons. The van der Waals surface area contributed by atoms with Crippen LogP contribution in [0.15, 0.2) is 224 Å². The number of para-hydroxylation sites is 1. The molecule has 0 aliphatic rings. The van der Waals surface area contributed by atoms with Gasteiger partial charge in [-0.3, -0.25) is 0 Å². The van der Waals surface area contributed by atoms with Crippen LogP contribution in [0, 0.1) is 0 Å². The van der Waals surface area contributed by atoms with Gasteiger partial charge in [-0.1, -0.05) is 164 Å². The van der Waals surface area contributed by atoms with Gasteiger partial charge in [0.2, 0.25) is 0 Å². The van der Waals surface area contributed by atoms with Crippen molar-refractivity contribution in [3.63, 3.8) is 0 Å². The van der Waals surface area contributed by atoms with E-state index in [1.807, 2.05) is 22.7 Å². The Morgan fingerprint density at radius 3 is 1.61 bits per heavy atom. The van der Waals surface area contributed by atoms with Crippen molar-refractivity contribution in [2.45, 2.75) is 0 Å². The van der Waals surface area contributed by atoms with Crippen LogP contribution in [0.25, 0.3) is 95.6 Å². The second kappa shape index (κ2) is 14.8. The summed E-state index contributed by atoms with van der Waals surface area (Å²) in [6.45, 7) is 0. The van der Waals surface area contributed by atoms with Gasteiger partial charge in [-0.15, -0.1) is 22.7 Å². The molecule has 0 N–H and O–H groups in total. The molecule has 0 aliphatic heterocycles. The predicted molar refractivity (Wildman–Crippen MR) is 266 cm³/mol. The van der Waals surface area contributed by atoms with E-state index in [2.05, 4.69) is 229 Å². The average molecular weight is 812 g/mol. The van der Waals surface area contributed by atoms with Crippen molar-refractivity contribution in [3.05, 3.63) is 224 Å². The summed E-state index contributed by atoms with van der Waals surface area (Å²) in [7, 11) is 0. The zero-order valence-electron chi connectivity index (χ0n) is 33.1. The summed E-state index contributed by atoms with van der Waals surface area (Å²) in [4.78, 5) is 2.44. The van der Waals surface area contributed by atoms with Gasteiger partial charge in [-0.05, 0) is 110 Å². The second-order valence-electron chi connectivity index (χ2n) is 15.7. The third-order valence-corrected chi connectivity index (χ3v) is 14.4. The third-order valence-electron chi connectivity index (χ3n) is 12.0. The summed E-state index contributed by atoms with van der Waals surface area (Å²) in [5.74, 6) is 0. The largest absolute Gasteiger partial charge is 0.310 e. The molecular formula is C58H37NS2. The summed E-state index contributed by atoms with van der Waals surface area (Å²) < 4.78 is 5.28. The average Bonchev–Trinajstić information content (AvgIpc) is 3.90. The number of anilines is 3. The highest BCUT2D eigenvalue weighted by Gasteiger charge is 2.19.